The van der Waals surface area contributed by atoms with E-state index in [4.69, 9.17) is 5.73 Å². The number of Topliss-reactive ketones (excluding diaryl/α,β-unsaturated/α-hetero) is 1. The fourth-order valence-corrected chi connectivity index (χ4v) is 3.36. The van der Waals surface area contributed by atoms with Crippen LogP contribution in [0, 0.1) is 17.8 Å². The molecule has 3 amide bonds. The summed E-state index contributed by atoms with van der Waals surface area (Å²) in [4.78, 5) is 60.6. The van der Waals surface area contributed by atoms with Gasteiger partial charge in [0.05, 0.1) is 24.6 Å². The van der Waals surface area contributed by atoms with Gasteiger partial charge in [0.15, 0.2) is 5.78 Å². The van der Waals surface area contributed by atoms with Crippen LogP contribution in [0.5, 0.6) is 0 Å². The van der Waals surface area contributed by atoms with Gasteiger partial charge in [-0.3, -0.25) is 24.5 Å². The molecule has 10 heteroatoms. The third-order valence-corrected chi connectivity index (χ3v) is 5.20. The Morgan fingerprint density at radius 2 is 1.71 bits per heavy atom. The van der Waals surface area contributed by atoms with E-state index in [1.807, 2.05) is 0 Å². The van der Waals surface area contributed by atoms with Crippen molar-refractivity contribution >= 4 is 41.9 Å². The fraction of sp³-hybridized carbons (Fsp3) is 0.476. The molecule has 0 spiro atoms. The molecule has 0 saturated carbocycles. The second-order valence-corrected chi connectivity index (χ2v) is 7.74. The van der Waals surface area contributed by atoms with E-state index in [0.717, 1.165) is 0 Å². The molecule has 1 aliphatic rings. The summed E-state index contributed by atoms with van der Waals surface area (Å²) in [5, 5.41) is 4.81. The number of benzene rings is 1. The number of amides is 3. The Balaban J connectivity index is 0.00000480. The van der Waals surface area contributed by atoms with Crippen LogP contribution in [0.4, 0.5) is 0 Å². The number of hydrogen-bond donors (Lipinski definition) is 3. The van der Waals surface area contributed by atoms with Crippen LogP contribution in [-0.2, 0) is 23.9 Å². The molecule has 0 unspecified atom stereocenters. The molecule has 0 radical (unpaired) electrons. The number of nitrogens with two attached hydrogens (primary N) is 1. The monoisotopic (exact) mass is 453 g/mol. The molecule has 1 aromatic rings. The molecule has 1 saturated heterocycles. The molecule has 2 rings (SSSR count). The van der Waals surface area contributed by atoms with Gasteiger partial charge in [0, 0.05) is 12.5 Å². The minimum atomic E-state index is -1.12. The SMILES string of the molecule is COC(=O)c1ccc([C@@H](N)CC(=O)N[C@H](C(=O)[C@@H]2C(=O)NC(=O)[C@H]2C)C(C)C)cc1.Cl. The number of carbonyl (C=O) groups excluding carboxylic acids is 5. The van der Waals surface area contributed by atoms with Crippen LogP contribution in [0.3, 0.4) is 0 Å². The van der Waals surface area contributed by atoms with Crippen LogP contribution in [-0.4, -0.2) is 42.6 Å². The Morgan fingerprint density at radius 3 is 2.16 bits per heavy atom. The molecule has 1 heterocycles. The molecule has 0 bridgehead atoms. The van der Waals surface area contributed by atoms with Gasteiger partial charge in [-0.05, 0) is 23.6 Å². The molecular formula is C21H28ClN3O6. The first-order valence-corrected chi connectivity index (χ1v) is 9.68. The van der Waals surface area contributed by atoms with Gasteiger partial charge in [0.25, 0.3) is 0 Å². The van der Waals surface area contributed by atoms with E-state index >= 15 is 0 Å². The van der Waals surface area contributed by atoms with Gasteiger partial charge in [-0.15, -0.1) is 12.4 Å². The van der Waals surface area contributed by atoms with E-state index in [1.54, 1.807) is 38.1 Å². The maximum atomic E-state index is 12.9. The third kappa shape index (κ3) is 6.11. The van der Waals surface area contributed by atoms with E-state index in [9.17, 15) is 24.0 Å². The van der Waals surface area contributed by atoms with Crippen molar-refractivity contribution in [1.82, 2.24) is 10.6 Å². The Kier molecular flexibility index (Phi) is 9.33. The highest BCUT2D eigenvalue weighted by Crippen LogP contribution is 2.23. The largest absolute Gasteiger partial charge is 0.465 e. The number of imide groups is 1. The molecule has 4 N–H and O–H groups in total. The van der Waals surface area contributed by atoms with Crippen molar-refractivity contribution in [1.29, 1.82) is 0 Å². The summed E-state index contributed by atoms with van der Waals surface area (Å²) < 4.78 is 4.64. The number of rotatable bonds is 8. The number of methoxy groups -OCH3 is 1. The van der Waals surface area contributed by atoms with Gasteiger partial charge in [0.2, 0.25) is 17.7 Å². The van der Waals surface area contributed by atoms with Crippen molar-refractivity contribution in [2.75, 3.05) is 7.11 Å². The van der Waals surface area contributed by atoms with Crippen LogP contribution < -0.4 is 16.4 Å². The summed E-state index contributed by atoms with van der Waals surface area (Å²) in [6.45, 7) is 5.00. The van der Waals surface area contributed by atoms with Crippen molar-refractivity contribution in [3.63, 3.8) is 0 Å². The van der Waals surface area contributed by atoms with Crippen LogP contribution in [0.15, 0.2) is 24.3 Å². The maximum Gasteiger partial charge on any atom is 0.337 e. The average Bonchev–Trinajstić information content (AvgIpc) is 2.96. The molecule has 9 nitrogen and oxygen atoms in total. The smallest absolute Gasteiger partial charge is 0.337 e. The van der Waals surface area contributed by atoms with Crippen molar-refractivity contribution in [2.45, 2.75) is 39.3 Å². The number of halogens is 1. The first-order chi connectivity index (χ1) is 14.1. The summed E-state index contributed by atoms with van der Waals surface area (Å²) >= 11 is 0. The number of esters is 1. The second-order valence-electron chi connectivity index (χ2n) is 7.74. The lowest BCUT2D eigenvalue weighted by atomic mass is 9.85. The first-order valence-electron chi connectivity index (χ1n) is 9.68. The Labute approximate surface area is 186 Å². The van der Waals surface area contributed by atoms with E-state index < -0.39 is 53.4 Å². The van der Waals surface area contributed by atoms with Gasteiger partial charge < -0.3 is 15.8 Å². The van der Waals surface area contributed by atoms with Crippen molar-refractivity contribution in [3.8, 4) is 0 Å². The molecule has 4 atom stereocenters. The molecule has 0 aliphatic carbocycles. The second kappa shape index (κ2) is 11.0. The third-order valence-electron chi connectivity index (χ3n) is 5.20. The lowest BCUT2D eigenvalue weighted by Gasteiger charge is -2.25. The summed E-state index contributed by atoms with van der Waals surface area (Å²) in [5.74, 6) is -4.75. The fourth-order valence-electron chi connectivity index (χ4n) is 3.36. The van der Waals surface area contributed by atoms with E-state index in [0.29, 0.717) is 11.1 Å². The van der Waals surface area contributed by atoms with Gasteiger partial charge in [-0.25, -0.2) is 4.79 Å². The van der Waals surface area contributed by atoms with Gasteiger partial charge in [-0.2, -0.15) is 0 Å². The standard InChI is InChI=1S/C21H27N3O6.ClH/c1-10(2)17(18(26)16-11(3)19(27)24-20(16)28)23-15(25)9-14(22)12-5-7-13(8-6-12)21(29)30-4;/h5-8,10-11,14,16-17H,9,22H2,1-4H3,(H,23,25)(H,24,27,28);1H/t11-,14-,16+,17-;/m0./s1. The van der Waals surface area contributed by atoms with Crippen molar-refractivity contribution < 1.29 is 28.7 Å². The molecular weight excluding hydrogens is 426 g/mol. The van der Waals surface area contributed by atoms with Crippen LogP contribution in [0.25, 0.3) is 0 Å². The molecule has 170 valence electrons. The Morgan fingerprint density at radius 1 is 1.13 bits per heavy atom. The number of ether oxygens (including phenoxy) is 1. The summed E-state index contributed by atoms with van der Waals surface area (Å²) in [7, 11) is 1.28. The average molecular weight is 454 g/mol. The highest BCUT2D eigenvalue weighted by atomic mass is 35.5. The highest BCUT2D eigenvalue weighted by Gasteiger charge is 2.46. The van der Waals surface area contributed by atoms with Crippen LogP contribution in [0.1, 0.15) is 49.2 Å². The highest BCUT2D eigenvalue weighted by molar-refractivity contribution is 6.16. The summed E-state index contributed by atoms with van der Waals surface area (Å²) in [5.41, 5.74) is 7.10. The zero-order valence-corrected chi connectivity index (χ0v) is 18.7. The first kappa shape index (κ1) is 26.3. The molecule has 31 heavy (non-hydrogen) atoms. The van der Waals surface area contributed by atoms with E-state index in [2.05, 4.69) is 15.4 Å². The Bertz CT molecular complexity index is 855. The zero-order valence-electron chi connectivity index (χ0n) is 17.8. The van der Waals surface area contributed by atoms with Gasteiger partial charge >= 0.3 is 5.97 Å². The number of hydrogen-bond acceptors (Lipinski definition) is 7. The summed E-state index contributed by atoms with van der Waals surface area (Å²) in [6, 6.07) is 4.79. The minimum Gasteiger partial charge on any atom is -0.465 e. The van der Waals surface area contributed by atoms with Crippen molar-refractivity contribution in [3.05, 3.63) is 35.4 Å². The quantitative estimate of drug-likeness (QED) is 0.301. The molecule has 1 aliphatic heterocycles. The summed E-state index contributed by atoms with van der Waals surface area (Å²) in [6.07, 6.45) is -0.0978. The number of nitrogens with one attached hydrogen (secondary N) is 2. The maximum absolute atomic E-state index is 12.9. The van der Waals surface area contributed by atoms with E-state index in [-0.39, 0.29) is 24.7 Å². The minimum absolute atomic E-state index is 0. The Hall–Kier alpha value is -2.78. The van der Waals surface area contributed by atoms with Crippen molar-refractivity contribution in [2.24, 2.45) is 23.5 Å². The van der Waals surface area contributed by atoms with Gasteiger partial charge in [0.1, 0.15) is 5.92 Å². The topological polar surface area (TPSA) is 145 Å². The predicted octanol–water partition coefficient (Wildman–Crippen LogP) is 0.903. The molecule has 1 aromatic carbocycles. The zero-order chi connectivity index (χ0) is 22.6. The van der Waals surface area contributed by atoms with Crippen LogP contribution in [0.2, 0.25) is 0 Å². The van der Waals surface area contributed by atoms with Gasteiger partial charge in [-0.1, -0.05) is 32.9 Å². The predicted molar refractivity (Wildman–Crippen MR) is 114 cm³/mol. The van der Waals surface area contributed by atoms with E-state index in [1.165, 1.54) is 14.0 Å². The number of carbonyl (C=O) groups is 5. The lowest BCUT2D eigenvalue weighted by molar-refractivity contribution is -0.137. The normalized spacial score (nSPS) is 19.8. The molecule has 1 fully saturated rings. The lowest BCUT2D eigenvalue weighted by Crippen LogP contribution is -2.49. The van der Waals surface area contributed by atoms with Crippen LogP contribution >= 0.6 is 12.4 Å². The molecule has 0 aromatic heterocycles. The number of ketones is 1.